The van der Waals surface area contributed by atoms with Crippen LogP contribution in [0.2, 0.25) is 0 Å². The summed E-state index contributed by atoms with van der Waals surface area (Å²) in [4.78, 5) is 15.6. The first-order valence-corrected chi connectivity index (χ1v) is 9.22. The third-order valence-electron chi connectivity index (χ3n) is 4.75. The van der Waals surface area contributed by atoms with Crippen molar-refractivity contribution in [3.8, 4) is 0 Å². The quantitative estimate of drug-likeness (QED) is 0.599. The third kappa shape index (κ3) is 2.41. The number of hydrogen-bond acceptors (Lipinski definition) is 4. The Labute approximate surface area is 144 Å². The van der Waals surface area contributed by atoms with Crippen molar-refractivity contribution in [2.75, 3.05) is 6.54 Å². The zero-order valence-electron chi connectivity index (χ0n) is 13.3. The minimum Gasteiger partial charge on any atom is -0.341 e. The first kappa shape index (κ1) is 14.1. The number of aromatic amines is 1. The van der Waals surface area contributed by atoms with E-state index in [2.05, 4.69) is 46.3 Å². The van der Waals surface area contributed by atoms with Crippen molar-refractivity contribution < 1.29 is 0 Å². The number of benzene rings is 2. The van der Waals surface area contributed by atoms with Gasteiger partial charge in [0.15, 0.2) is 0 Å². The fourth-order valence-corrected chi connectivity index (χ4v) is 4.74. The highest BCUT2D eigenvalue weighted by Crippen LogP contribution is 2.37. The summed E-state index contributed by atoms with van der Waals surface area (Å²) in [6.45, 7) is 1.97. The Balaban J connectivity index is 1.44. The largest absolute Gasteiger partial charge is 0.341 e. The molecule has 2 aromatic heterocycles. The number of H-pyrrole nitrogens is 1. The molecule has 0 spiro atoms. The van der Waals surface area contributed by atoms with E-state index in [1.165, 1.54) is 22.5 Å². The van der Waals surface area contributed by atoms with Crippen LogP contribution in [0.4, 0.5) is 0 Å². The van der Waals surface area contributed by atoms with Gasteiger partial charge in [0, 0.05) is 0 Å². The normalized spacial score (nSPS) is 18.8. The number of imidazole rings is 1. The van der Waals surface area contributed by atoms with Crippen molar-refractivity contribution in [2.45, 2.75) is 25.4 Å². The molecule has 1 N–H and O–H groups in total. The second-order valence-electron chi connectivity index (χ2n) is 6.35. The van der Waals surface area contributed by atoms with Crippen molar-refractivity contribution in [1.29, 1.82) is 0 Å². The first-order valence-electron chi connectivity index (χ1n) is 8.40. The Bertz CT molecular complexity index is 937. The molecule has 0 bridgehead atoms. The summed E-state index contributed by atoms with van der Waals surface area (Å²) >= 11 is 1.83. The van der Waals surface area contributed by atoms with Crippen LogP contribution in [-0.4, -0.2) is 26.4 Å². The predicted octanol–water partition coefficient (Wildman–Crippen LogP) is 4.51. The Kier molecular flexibility index (Phi) is 3.35. The van der Waals surface area contributed by atoms with Gasteiger partial charge in [0.1, 0.15) is 10.8 Å². The molecule has 2 aromatic carbocycles. The lowest BCUT2D eigenvalue weighted by atomic mass is 10.2. The molecule has 5 heteroatoms. The summed E-state index contributed by atoms with van der Waals surface area (Å²) in [7, 11) is 0. The number of aromatic nitrogens is 3. The van der Waals surface area contributed by atoms with E-state index in [0.29, 0.717) is 6.04 Å². The third-order valence-corrected chi connectivity index (χ3v) is 5.89. The molecule has 24 heavy (non-hydrogen) atoms. The maximum atomic E-state index is 4.88. The van der Waals surface area contributed by atoms with Crippen LogP contribution in [0.15, 0.2) is 48.5 Å². The number of likely N-dealkylation sites (tertiary alicyclic amines) is 1. The molecule has 4 aromatic rings. The molecule has 4 nitrogen and oxygen atoms in total. The molecule has 3 heterocycles. The number of rotatable bonds is 3. The SMILES string of the molecule is c1ccc2[nH]c(CN3CCCC3c3nc4ccccc4s3)nc2c1. The van der Waals surface area contributed by atoms with Crippen molar-refractivity contribution in [3.63, 3.8) is 0 Å². The van der Waals surface area contributed by atoms with Crippen molar-refractivity contribution in [1.82, 2.24) is 19.9 Å². The maximum Gasteiger partial charge on any atom is 0.121 e. The maximum absolute atomic E-state index is 4.88. The molecule has 0 radical (unpaired) electrons. The topological polar surface area (TPSA) is 44.8 Å². The van der Waals surface area contributed by atoms with E-state index in [-0.39, 0.29) is 0 Å². The summed E-state index contributed by atoms with van der Waals surface area (Å²) in [5.74, 6) is 1.05. The average Bonchev–Trinajstić information content (AvgIpc) is 3.31. The number of thiazole rings is 1. The number of fused-ring (bicyclic) bond motifs is 2. The lowest BCUT2D eigenvalue weighted by Crippen LogP contribution is -2.23. The molecule has 0 amide bonds. The smallest absolute Gasteiger partial charge is 0.121 e. The van der Waals surface area contributed by atoms with E-state index >= 15 is 0 Å². The molecule has 0 aliphatic carbocycles. The van der Waals surface area contributed by atoms with Crippen LogP contribution in [-0.2, 0) is 6.54 Å². The Morgan fingerprint density at radius 1 is 1.04 bits per heavy atom. The minimum absolute atomic E-state index is 0.413. The number of nitrogens with one attached hydrogen (secondary N) is 1. The second-order valence-corrected chi connectivity index (χ2v) is 7.41. The molecule has 1 fully saturated rings. The van der Waals surface area contributed by atoms with Crippen LogP contribution in [0, 0.1) is 0 Å². The average molecular weight is 334 g/mol. The Hall–Kier alpha value is -2.24. The van der Waals surface area contributed by atoms with Crippen LogP contribution in [0.1, 0.15) is 29.7 Å². The van der Waals surface area contributed by atoms with Gasteiger partial charge in [-0.15, -0.1) is 11.3 Å². The van der Waals surface area contributed by atoms with E-state index in [1.807, 2.05) is 23.5 Å². The summed E-state index contributed by atoms with van der Waals surface area (Å²) in [6.07, 6.45) is 2.40. The van der Waals surface area contributed by atoms with Gasteiger partial charge in [-0.05, 0) is 43.7 Å². The van der Waals surface area contributed by atoms with Crippen molar-refractivity contribution in [3.05, 3.63) is 59.4 Å². The highest BCUT2D eigenvalue weighted by atomic mass is 32.1. The molecule has 1 aliphatic heterocycles. The lowest BCUT2D eigenvalue weighted by Gasteiger charge is -2.21. The van der Waals surface area contributed by atoms with E-state index < -0.39 is 0 Å². The van der Waals surface area contributed by atoms with E-state index in [0.717, 1.165) is 35.5 Å². The first-order chi connectivity index (χ1) is 11.9. The van der Waals surface area contributed by atoms with E-state index in [4.69, 9.17) is 9.97 Å². The molecule has 0 saturated carbocycles. The van der Waals surface area contributed by atoms with Crippen molar-refractivity contribution >= 4 is 32.6 Å². The molecule has 1 saturated heterocycles. The summed E-state index contributed by atoms with van der Waals surface area (Å²) in [6, 6.07) is 17.1. The molecule has 1 aliphatic rings. The summed E-state index contributed by atoms with van der Waals surface area (Å²) in [5, 5.41) is 1.24. The van der Waals surface area contributed by atoms with E-state index in [1.54, 1.807) is 0 Å². The molecule has 5 rings (SSSR count). The number of hydrogen-bond donors (Lipinski definition) is 1. The standard InChI is InChI=1S/C19H18N4S/c1-2-7-14-13(6-1)20-18(21-14)12-23-11-5-9-16(23)19-22-15-8-3-4-10-17(15)24-19/h1-4,6-8,10,16H,5,9,11-12H2,(H,20,21). The highest BCUT2D eigenvalue weighted by Gasteiger charge is 2.29. The Morgan fingerprint density at radius 2 is 1.88 bits per heavy atom. The summed E-state index contributed by atoms with van der Waals surface area (Å²) in [5.41, 5.74) is 3.28. The fraction of sp³-hybridized carbons (Fsp3) is 0.263. The van der Waals surface area contributed by atoms with Gasteiger partial charge in [-0.2, -0.15) is 0 Å². The molecule has 120 valence electrons. The molecule has 1 unspecified atom stereocenters. The van der Waals surface area contributed by atoms with Crippen LogP contribution in [0.3, 0.4) is 0 Å². The fourth-order valence-electron chi connectivity index (χ4n) is 3.60. The zero-order valence-corrected chi connectivity index (χ0v) is 14.1. The molecule has 1 atom stereocenters. The van der Waals surface area contributed by atoms with Gasteiger partial charge in [0.05, 0.1) is 33.8 Å². The lowest BCUT2D eigenvalue weighted by molar-refractivity contribution is 0.243. The van der Waals surface area contributed by atoms with Gasteiger partial charge in [-0.1, -0.05) is 24.3 Å². The second kappa shape index (κ2) is 5.69. The van der Waals surface area contributed by atoms with Gasteiger partial charge in [0.25, 0.3) is 0 Å². The van der Waals surface area contributed by atoms with Crippen LogP contribution in [0.5, 0.6) is 0 Å². The predicted molar refractivity (Wildman–Crippen MR) is 98.1 cm³/mol. The summed E-state index contributed by atoms with van der Waals surface area (Å²) < 4.78 is 1.28. The van der Waals surface area contributed by atoms with Gasteiger partial charge in [0.2, 0.25) is 0 Å². The number of nitrogens with zero attached hydrogens (tertiary/aromatic N) is 3. The van der Waals surface area contributed by atoms with Crippen LogP contribution >= 0.6 is 11.3 Å². The van der Waals surface area contributed by atoms with Gasteiger partial charge >= 0.3 is 0 Å². The van der Waals surface area contributed by atoms with E-state index in [9.17, 15) is 0 Å². The van der Waals surface area contributed by atoms with Crippen molar-refractivity contribution in [2.24, 2.45) is 0 Å². The monoisotopic (exact) mass is 334 g/mol. The Morgan fingerprint density at radius 3 is 2.75 bits per heavy atom. The number of para-hydroxylation sites is 3. The zero-order chi connectivity index (χ0) is 15.9. The van der Waals surface area contributed by atoms with Gasteiger partial charge < -0.3 is 4.98 Å². The van der Waals surface area contributed by atoms with Gasteiger partial charge in [-0.25, -0.2) is 9.97 Å². The molecular formula is C19H18N4S. The van der Waals surface area contributed by atoms with Crippen LogP contribution < -0.4 is 0 Å². The highest BCUT2D eigenvalue weighted by molar-refractivity contribution is 7.18. The minimum atomic E-state index is 0.413. The molecular weight excluding hydrogens is 316 g/mol. The van der Waals surface area contributed by atoms with Crippen LogP contribution in [0.25, 0.3) is 21.3 Å². The van der Waals surface area contributed by atoms with Gasteiger partial charge in [-0.3, -0.25) is 4.90 Å².